The quantitative estimate of drug-likeness (QED) is 0.844. The van der Waals surface area contributed by atoms with E-state index in [0.717, 1.165) is 32.2 Å². The molecule has 3 heterocycles. The molecule has 1 saturated heterocycles. The first-order chi connectivity index (χ1) is 14.2. The maximum Gasteiger partial charge on any atom is 0.257 e. The Morgan fingerprint density at radius 1 is 0.966 bits per heavy atom. The Kier molecular flexibility index (Phi) is 4.50. The van der Waals surface area contributed by atoms with E-state index in [4.69, 9.17) is 14.2 Å². The molecule has 1 atom stereocenters. The van der Waals surface area contributed by atoms with Crippen molar-refractivity contribution in [3.63, 3.8) is 0 Å². The van der Waals surface area contributed by atoms with Crippen molar-refractivity contribution in [1.29, 1.82) is 0 Å². The number of ether oxygens (including phenoxy) is 3. The van der Waals surface area contributed by atoms with Gasteiger partial charge in [0.05, 0.1) is 12.2 Å². The maximum absolute atomic E-state index is 13.2. The van der Waals surface area contributed by atoms with Crippen molar-refractivity contribution in [3.8, 4) is 17.2 Å². The minimum Gasteiger partial charge on any atom is -0.493 e. The highest BCUT2D eigenvalue weighted by Gasteiger charge is 2.31. The number of carbonyl (C=O) groups excluding carboxylic acids is 2. The van der Waals surface area contributed by atoms with E-state index >= 15 is 0 Å². The minimum absolute atomic E-state index is 0.0245. The largest absolute Gasteiger partial charge is 0.493 e. The lowest BCUT2D eigenvalue weighted by Gasteiger charge is -2.37. The molecule has 3 aliphatic rings. The zero-order chi connectivity index (χ0) is 19.8. The van der Waals surface area contributed by atoms with Crippen molar-refractivity contribution in [2.75, 3.05) is 25.3 Å². The SMILES string of the molecule is O=C(Nc1ccc2c(c1)C(=O)N1CCCCC1CCO2)c1ccc2c(c1)OCO2. The molecule has 1 fully saturated rings. The summed E-state index contributed by atoms with van der Waals surface area (Å²) < 4.78 is 16.5. The van der Waals surface area contributed by atoms with Gasteiger partial charge in [-0.2, -0.15) is 0 Å². The highest BCUT2D eigenvalue weighted by molar-refractivity contribution is 6.06. The lowest BCUT2D eigenvalue weighted by atomic mass is 9.97. The summed E-state index contributed by atoms with van der Waals surface area (Å²) in [7, 11) is 0. The number of benzene rings is 2. The Balaban J connectivity index is 1.39. The van der Waals surface area contributed by atoms with Gasteiger partial charge in [0.25, 0.3) is 11.8 Å². The molecule has 5 rings (SSSR count). The predicted molar refractivity (Wildman–Crippen MR) is 106 cm³/mol. The standard InChI is InChI=1S/C22H22N2O5/c25-21(14-4-6-19-20(11-14)29-13-28-19)23-15-5-7-18-17(12-15)22(26)24-9-2-1-3-16(24)8-10-27-18/h4-7,11-12,16H,1-3,8-10,13H2,(H,23,25). The van der Waals surface area contributed by atoms with Crippen LogP contribution in [0.15, 0.2) is 36.4 Å². The second kappa shape index (κ2) is 7.31. The fraction of sp³-hybridized carbons (Fsp3) is 0.364. The molecule has 0 saturated carbocycles. The molecule has 1 N–H and O–H groups in total. The molecular weight excluding hydrogens is 372 g/mol. The average molecular weight is 394 g/mol. The number of carbonyl (C=O) groups is 2. The van der Waals surface area contributed by atoms with Crippen LogP contribution in [0.1, 0.15) is 46.4 Å². The van der Waals surface area contributed by atoms with Crippen LogP contribution in [0.4, 0.5) is 5.69 Å². The van der Waals surface area contributed by atoms with Crippen molar-refractivity contribution in [3.05, 3.63) is 47.5 Å². The van der Waals surface area contributed by atoms with E-state index in [-0.39, 0.29) is 24.6 Å². The fourth-order valence-corrected chi connectivity index (χ4v) is 4.17. The number of fused-ring (bicyclic) bond motifs is 3. The smallest absolute Gasteiger partial charge is 0.257 e. The molecule has 0 radical (unpaired) electrons. The molecule has 0 aliphatic carbocycles. The first-order valence-electron chi connectivity index (χ1n) is 9.98. The third kappa shape index (κ3) is 3.37. The van der Waals surface area contributed by atoms with Crippen molar-refractivity contribution in [2.24, 2.45) is 0 Å². The molecule has 7 heteroatoms. The Labute approximate surface area is 168 Å². The summed E-state index contributed by atoms with van der Waals surface area (Å²) in [6, 6.07) is 10.5. The van der Waals surface area contributed by atoms with Crippen LogP contribution < -0.4 is 19.5 Å². The molecule has 1 unspecified atom stereocenters. The molecule has 2 aromatic carbocycles. The number of nitrogens with one attached hydrogen (secondary N) is 1. The number of piperidine rings is 1. The van der Waals surface area contributed by atoms with Crippen LogP contribution in [-0.2, 0) is 0 Å². The lowest BCUT2D eigenvalue weighted by molar-refractivity contribution is 0.0548. The third-order valence-electron chi connectivity index (χ3n) is 5.70. The van der Waals surface area contributed by atoms with Crippen molar-refractivity contribution in [2.45, 2.75) is 31.7 Å². The molecule has 0 spiro atoms. The number of nitrogens with zero attached hydrogens (tertiary/aromatic N) is 1. The van der Waals surface area contributed by atoms with Gasteiger partial charge in [-0.3, -0.25) is 9.59 Å². The van der Waals surface area contributed by atoms with E-state index < -0.39 is 0 Å². The van der Waals surface area contributed by atoms with E-state index in [9.17, 15) is 9.59 Å². The molecule has 3 aliphatic heterocycles. The molecule has 0 aromatic heterocycles. The lowest BCUT2D eigenvalue weighted by Crippen LogP contribution is -2.45. The van der Waals surface area contributed by atoms with Gasteiger partial charge in [0.2, 0.25) is 6.79 Å². The van der Waals surface area contributed by atoms with Crippen LogP contribution in [0.2, 0.25) is 0 Å². The van der Waals surface area contributed by atoms with Crippen LogP contribution >= 0.6 is 0 Å². The Morgan fingerprint density at radius 3 is 2.76 bits per heavy atom. The zero-order valence-electron chi connectivity index (χ0n) is 16.0. The summed E-state index contributed by atoms with van der Waals surface area (Å²) in [6.45, 7) is 1.52. The predicted octanol–water partition coefficient (Wildman–Crippen LogP) is 3.44. The van der Waals surface area contributed by atoms with Crippen LogP contribution in [-0.4, -0.2) is 42.7 Å². The Bertz CT molecular complexity index is 974. The number of rotatable bonds is 2. The average Bonchev–Trinajstić information content (AvgIpc) is 3.21. The number of hydrogen-bond donors (Lipinski definition) is 1. The number of amides is 2. The van der Waals surface area contributed by atoms with Crippen LogP contribution in [0.3, 0.4) is 0 Å². The number of hydrogen-bond acceptors (Lipinski definition) is 5. The number of anilines is 1. The van der Waals surface area contributed by atoms with Crippen LogP contribution in [0, 0.1) is 0 Å². The summed E-state index contributed by atoms with van der Waals surface area (Å²) in [5.74, 6) is 1.44. The van der Waals surface area contributed by atoms with Gasteiger partial charge in [-0.25, -0.2) is 0 Å². The Morgan fingerprint density at radius 2 is 1.83 bits per heavy atom. The zero-order valence-corrected chi connectivity index (χ0v) is 16.0. The van der Waals surface area contributed by atoms with Crippen molar-refractivity contribution < 1.29 is 23.8 Å². The molecule has 0 bridgehead atoms. The van der Waals surface area contributed by atoms with Gasteiger partial charge in [0.1, 0.15) is 5.75 Å². The van der Waals surface area contributed by atoms with Gasteiger partial charge in [0.15, 0.2) is 11.5 Å². The summed E-state index contributed by atoms with van der Waals surface area (Å²) in [5.41, 5.74) is 1.51. The molecule has 29 heavy (non-hydrogen) atoms. The summed E-state index contributed by atoms with van der Waals surface area (Å²) in [5, 5.41) is 2.87. The first-order valence-corrected chi connectivity index (χ1v) is 9.98. The van der Waals surface area contributed by atoms with E-state index in [1.54, 1.807) is 36.4 Å². The molecule has 2 amide bonds. The minimum atomic E-state index is -0.279. The van der Waals surface area contributed by atoms with Gasteiger partial charge < -0.3 is 24.4 Å². The molecule has 2 aromatic rings. The Hall–Kier alpha value is -3.22. The highest BCUT2D eigenvalue weighted by atomic mass is 16.7. The van der Waals surface area contributed by atoms with Gasteiger partial charge in [-0.15, -0.1) is 0 Å². The van der Waals surface area contributed by atoms with Gasteiger partial charge >= 0.3 is 0 Å². The van der Waals surface area contributed by atoms with E-state index in [1.807, 2.05) is 4.90 Å². The highest BCUT2D eigenvalue weighted by Crippen LogP contribution is 2.33. The third-order valence-corrected chi connectivity index (χ3v) is 5.70. The first kappa shape index (κ1) is 17.8. The normalized spacial score (nSPS) is 20.1. The monoisotopic (exact) mass is 394 g/mol. The second-order valence-corrected chi connectivity index (χ2v) is 7.52. The van der Waals surface area contributed by atoms with Gasteiger partial charge in [-0.1, -0.05) is 0 Å². The van der Waals surface area contributed by atoms with E-state index in [1.165, 1.54) is 0 Å². The molecular formula is C22H22N2O5. The summed E-state index contributed by atoms with van der Waals surface area (Å²) in [6.07, 6.45) is 4.05. The fourth-order valence-electron chi connectivity index (χ4n) is 4.17. The summed E-state index contributed by atoms with van der Waals surface area (Å²) in [4.78, 5) is 27.8. The van der Waals surface area contributed by atoms with Crippen LogP contribution in [0.25, 0.3) is 0 Å². The van der Waals surface area contributed by atoms with Crippen molar-refractivity contribution >= 4 is 17.5 Å². The molecule has 150 valence electrons. The van der Waals surface area contributed by atoms with Crippen molar-refractivity contribution in [1.82, 2.24) is 4.90 Å². The van der Waals surface area contributed by atoms with E-state index in [0.29, 0.717) is 40.7 Å². The molecule has 7 nitrogen and oxygen atoms in total. The van der Waals surface area contributed by atoms with Gasteiger partial charge in [-0.05, 0) is 55.7 Å². The van der Waals surface area contributed by atoms with Gasteiger partial charge in [0, 0.05) is 30.3 Å². The maximum atomic E-state index is 13.2. The van der Waals surface area contributed by atoms with Crippen LogP contribution in [0.5, 0.6) is 17.2 Å². The van der Waals surface area contributed by atoms with E-state index in [2.05, 4.69) is 5.32 Å². The second-order valence-electron chi connectivity index (χ2n) is 7.52. The topological polar surface area (TPSA) is 77.1 Å². The summed E-state index contributed by atoms with van der Waals surface area (Å²) >= 11 is 0.